The number of carbonyl (C=O) groups excluding carboxylic acids is 1. The van der Waals surface area contributed by atoms with Gasteiger partial charge in [-0.1, -0.05) is 6.07 Å². The van der Waals surface area contributed by atoms with Crippen molar-refractivity contribution in [2.75, 3.05) is 37.8 Å². The number of benzene rings is 1. The largest absolute Gasteiger partial charge is 0.398 e. The number of aromatic nitrogens is 5. The van der Waals surface area contributed by atoms with E-state index in [-0.39, 0.29) is 11.6 Å². The number of carbonyl (C=O) groups is 1. The van der Waals surface area contributed by atoms with Crippen LogP contribution >= 0.6 is 0 Å². The maximum atomic E-state index is 13.5. The van der Waals surface area contributed by atoms with Crippen molar-refractivity contribution >= 4 is 34.1 Å². The van der Waals surface area contributed by atoms with Crippen molar-refractivity contribution in [3.63, 3.8) is 0 Å². The van der Waals surface area contributed by atoms with Gasteiger partial charge in [0.15, 0.2) is 11.5 Å². The number of hydrogen-bond acceptors (Lipinski definition) is 7. The number of fused-ring (bicyclic) bond motifs is 2. The fraction of sp³-hybridized carbons (Fsp3) is 0.286. The van der Waals surface area contributed by atoms with Crippen LogP contribution in [-0.2, 0) is 0 Å². The lowest BCUT2D eigenvalue weighted by Gasteiger charge is -2.35. The topological polar surface area (TPSA) is 108 Å². The van der Waals surface area contributed by atoms with Crippen molar-refractivity contribution in [3.05, 3.63) is 71.8 Å². The normalized spacial score (nSPS) is 14.8. The van der Waals surface area contributed by atoms with E-state index in [0.717, 1.165) is 54.3 Å². The summed E-state index contributed by atoms with van der Waals surface area (Å²) in [7, 11) is 4.27. The summed E-state index contributed by atoms with van der Waals surface area (Å²) in [6.07, 6.45) is 4.15. The number of aromatic amines is 1. The third kappa shape index (κ3) is 4.11. The highest BCUT2D eigenvalue weighted by Gasteiger charge is 2.23. The van der Waals surface area contributed by atoms with Gasteiger partial charge in [0.05, 0.1) is 11.4 Å². The van der Waals surface area contributed by atoms with Gasteiger partial charge >= 0.3 is 0 Å². The van der Waals surface area contributed by atoms with Crippen molar-refractivity contribution in [3.8, 4) is 11.3 Å². The van der Waals surface area contributed by atoms with Crippen molar-refractivity contribution in [2.24, 2.45) is 0 Å². The van der Waals surface area contributed by atoms with Gasteiger partial charge in [-0.3, -0.25) is 9.20 Å². The summed E-state index contributed by atoms with van der Waals surface area (Å²) in [5, 5.41) is 0. The second-order valence-electron chi connectivity index (χ2n) is 9.91. The van der Waals surface area contributed by atoms with E-state index >= 15 is 0 Å². The second-order valence-corrected chi connectivity index (χ2v) is 9.91. The summed E-state index contributed by atoms with van der Waals surface area (Å²) in [5.41, 5.74) is 12.0. The van der Waals surface area contributed by atoms with E-state index in [1.165, 1.54) is 0 Å². The minimum Gasteiger partial charge on any atom is -0.398 e. The number of piperidine rings is 1. The minimum absolute atomic E-state index is 0.209. The average Bonchev–Trinajstić information content (AvgIpc) is 3.48. The maximum absolute atomic E-state index is 13.5. The number of ketones is 1. The monoisotopic (exact) mass is 494 g/mol. The molecule has 0 saturated carbocycles. The SMILES string of the molecule is Cc1nc2ccccn2c1-c1cc(C(=O)c2nc3ccc(N4CCC(N(C)C)CC4)nc3[nH]2)ccc1N. The standard InChI is InChI=1S/C28H30N8O/c1-17-25(36-13-5-4-6-24(36)30-17)20-16-18(7-8-21(20)29)26(37)28-31-22-9-10-23(32-27(22)33-28)35-14-11-19(12-15-35)34(2)3/h4-10,13,16,19H,11-12,14-15,29H2,1-3H3,(H,31,32,33). The number of imidazole rings is 2. The quantitative estimate of drug-likeness (QED) is 0.282. The maximum Gasteiger partial charge on any atom is 0.228 e. The Hall–Kier alpha value is -4.24. The van der Waals surface area contributed by atoms with Crippen LogP contribution in [0.4, 0.5) is 11.5 Å². The molecule has 1 saturated heterocycles. The van der Waals surface area contributed by atoms with Crippen molar-refractivity contribution in [1.29, 1.82) is 0 Å². The van der Waals surface area contributed by atoms with E-state index in [1.807, 2.05) is 53.9 Å². The van der Waals surface area contributed by atoms with E-state index in [9.17, 15) is 4.79 Å². The van der Waals surface area contributed by atoms with Gasteiger partial charge in [-0.2, -0.15) is 0 Å². The molecular weight excluding hydrogens is 464 g/mol. The Morgan fingerprint density at radius 3 is 2.65 bits per heavy atom. The van der Waals surface area contributed by atoms with Crippen molar-refractivity contribution in [1.82, 2.24) is 29.2 Å². The smallest absolute Gasteiger partial charge is 0.228 e. The molecule has 6 rings (SSSR count). The van der Waals surface area contributed by atoms with Gasteiger partial charge < -0.3 is 20.5 Å². The molecule has 0 atom stereocenters. The van der Waals surface area contributed by atoms with Gasteiger partial charge in [-0.05, 0) is 76.3 Å². The molecule has 37 heavy (non-hydrogen) atoms. The number of pyridine rings is 2. The molecular formula is C28H30N8O. The number of nitrogen functional groups attached to an aromatic ring is 1. The van der Waals surface area contributed by atoms with Gasteiger partial charge in [0, 0.05) is 42.1 Å². The minimum atomic E-state index is -0.209. The summed E-state index contributed by atoms with van der Waals surface area (Å²) >= 11 is 0. The molecule has 5 aromatic rings. The summed E-state index contributed by atoms with van der Waals surface area (Å²) in [5.74, 6) is 0.959. The highest BCUT2D eigenvalue weighted by Crippen LogP contribution is 2.31. The predicted molar refractivity (Wildman–Crippen MR) is 146 cm³/mol. The zero-order valence-electron chi connectivity index (χ0n) is 21.3. The van der Waals surface area contributed by atoms with Crippen LogP contribution in [0.3, 0.4) is 0 Å². The summed E-state index contributed by atoms with van der Waals surface area (Å²) in [6, 6.07) is 15.7. The number of anilines is 2. The Bertz CT molecular complexity index is 1620. The molecule has 0 aliphatic carbocycles. The molecule has 0 spiro atoms. The van der Waals surface area contributed by atoms with E-state index < -0.39 is 0 Å². The molecule has 0 unspecified atom stereocenters. The van der Waals surface area contributed by atoms with Crippen LogP contribution in [0, 0.1) is 6.92 Å². The lowest BCUT2D eigenvalue weighted by atomic mass is 10.0. The third-order valence-corrected chi connectivity index (χ3v) is 7.34. The zero-order valence-corrected chi connectivity index (χ0v) is 21.3. The first-order valence-electron chi connectivity index (χ1n) is 12.6. The highest BCUT2D eigenvalue weighted by molar-refractivity contribution is 6.09. The molecule has 1 aromatic carbocycles. The first-order chi connectivity index (χ1) is 17.9. The molecule has 9 nitrogen and oxygen atoms in total. The third-order valence-electron chi connectivity index (χ3n) is 7.34. The molecule has 1 aliphatic heterocycles. The Labute approximate surface area is 215 Å². The molecule has 3 N–H and O–H groups in total. The second kappa shape index (κ2) is 9.01. The molecule has 1 fully saturated rings. The van der Waals surface area contributed by atoms with E-state index in [4.69, 9.17) is 10.7 Å². The Balaban J connectivity index is 1.30. The van der Waals surface area contributed by atoms with E-state index in [2.05, 4.69) is 38.8 Å². The van der Waals surface area contributed by atoms with Crippen LogP contribution in [0.15, 0.2) is 54.7 Å². The molecule has 0 radical (unpaired) electrons. The van der Waals surface area contributed by atoms with Gasteiger partial charge in [0.1, 0.15) is 17.0 Å². The van der Waals surface area contributed by atoms with Gasteiger partial charge in [0.2, 0.25) is 5.78 Å². The summed E-state index contributed by atoms with van der Waals surface area (Å²) in [6.45, 7) is 3.86. The van der Waals surface area contributed by atoms with Gasteiger partial charge in [-0.25, -0.2) is 15.0 Å². The molecule has 9 heteroatoms. The van der Waals surface area contributed by atoms with Crippen molar-refractivity contribution in [2.45, 2.75) is 25.8 Å². The van der Waals surface area contributed by atoms with E-state index in [0.29, 0.717) is 28.5 Å². The molecule has 4 aromatic heterocycles. The Morgan fingerprint density at radius 2 is 1.86 bits per heavy atom. The Kier molecular flexibility index (Phi) is 5.64. The first kappa shape index (κ1) is 23.2. The molecule has 1 aliphatic rings. The predicted octanol–water partition coefficient (Wildman–Crippen LogP) is 3.92. The Morgan fingerprint density at radius 1 is 1.05 bits per heavy atom. The molecule has 188 valence electrons. The number of nitrogens with one attached hydrogen (secondary N) is 1. The average molecular weight is 495 g/mol. The number of aryl methyl sites for hydroxylation is 1. The number of nitrogens with zero attached hydrogens (tertiary/aromatic N) is 6. The van der Waals surface area contributed by atoms with Crippen LogP contribution in [0.2, 0.25) is 0 Å². The fourth-order valence-corrected chi connectivity index (χ4v) is 5.26. The first-order valence-corrected chi connectivity index (χ1v) is 12.6. The molecule has 0 bridgehead atoms. The summed E-state index contributed by atoms with van der Waals surface area (Å²) in [4.78, 5) is 35.2. The van der Waals surface area contributed by atoms with Gasteiger partial charge in [-0.15, -0.1) is 0 Å². The van der Waals surface area contributed by atoms with Crippen molar-refractivity contribution < 1.29 is 4.79 Å². The number of hydrogen-bond donors (Lipinski definition) is 2. The number of H-pyrrole nitrogens is 1. The number of nitrogens with two attached hydrogens (primary N) is 1. The molecule has 0 amide bonds. The summed E-state index contributed by atoms with van der Waals surface area (Å²) < 4.78 is 1.99. The van der Waals surface area contributed by atoms with Crippen LogP contribution < -0.4 is 10.6 Å². The number of rotatable bonds is 5. The lowest BCUT2D eigenvalue weighted by molar-refractivity contribution is 0.103. The highest BCUT2D eigenvalue weighted by atomic mass is 16.1. The molecule has 5 heterocycles. The van der Waals surface area contributed by atoms with Crippen LogP contribution in [-0.4, -0.2) is 68.2 Å². The van der Waals surface area contributed by atoms with Crippen LogP contribution in [0.25, 0.3) is 28.1 Å². The fourth-order valence-electron chi connectivity index (χ4n) is 5.26. The van der Waals surface area contributed by atoms with Crippen LogP contribution in [0.1, 0.15) is 34.7 Å². The van der Waals surface area contributed by atoms with Gasteiger partial charge in [0.25, 0.3) is 0 Å². The van der Waals surface area contributed by atoms with Crippen LogP contribution in [0.5, 0.6) is 0 Å². The zero-order chi connectivity index (χ0) is 25.7. The van der Waals surface area contributed by atoms with E-state index in [1.54, 1.807) is 12.1 Å². The lowest BCUT2D eigenvalue weighted by Crippen LogP contribution is -2.42.